The molecule has 34 heavy (non-hydrogen) atoms. The number of carbonyl (C=O) groups is 4. The number of nitrogens with zero attached hydrogens (tertiary/aromatic N) is 1. The average molecular weight is 473 g/mol. The quantitative estimate of drug-likeness (QED) is 0.500. The van der Waals surface area contributed by atoms with E-state index in [4.69, 9.17) is 16.9 Å². The van der Waals surface area contributed by atoms with Gasteiger partial charge in [0, 0.05) is 24.6 Å². The Morgan fingerprint density at radius 1 is 1.12 bits per heavy atom. The molecule has 0 spiro atoms. The molecule has 1 rings (SSSR count). The summed E-state index contributed by atoms with van der Waals surface area (Å²) in [6, 6.07) is 4.56. The fraction of sp³-hybridized carbons (Fsp3) is 0.520. The minimum absolute atomic E-state index is 0.0673. The maximum atomic E-state index is 13.5. The zero-order chi connectivity index (χ0) is 26.3. The lowest BCUT2D eigenvalue weighted by Crippen LogP contribution is -2.53. The number of amides is 4. The fourth-order valence-electron chi connectivity index (χ4n) is 3.20. The summed E-state index contributed by atoms with van der Waals surface area (Å²) < 4.78 is 5.26. The van der Waals surface area contributed by atoms with Crippen molar-refractivity contribution < 1.29 is 23.9 Å². The molecule has 0 aliphatic heterocycles. The molecule has 186 valence electrons. The molecule has 0 aromatic heterocycles. The van der Waals surface area contributed by atoms with Crippen molar-refractivity contribution in [3.63, 3.8) is 0 Å². The molecule has 0 aliphatic rings. The largest absolute Gasteiger partial charge is 0.444 e. The highest BCUT2D eigenvalue weighted by Gasteiger charge is 2.36. The number of terminal acetylenes is 1. The maximum absolute atomic E-state index is 13.5. The Labute approximate surface area is 201 Å². The molecule has 4 N–H and O–H groups in total. The summed E-state index contributed by atoms with van der Waals surface area (Å²) in [5.74, 6) is 0.862. The molecule has 2 unspecified atom stereocenters. The number of nitrogens with two attached hydrogens (primary N) is 1. The van der Waals surface area contributed by atoms with Crippen molar-refractivity contribution in [1.82, 2.24) is 15.5 Å². The Bertz CT molecular complexity index is 953. The van der Waals surface area contributed by atoms with E-state index >= 15 is 0 Å². The van der Waals surface area contributed by atoms with Gasteiger partial charge in [-0.2, -0.15) is 0 Å². The van der Waals surface area contributed by atoms with E-state index in [1.54, 1.807) is 45.0 Å². The van der Waals surface area contributed by atoms with Crippen molar-refractivity contribution in [2.24, 2.45) is 5.73 Å². The third-order valence-corrected chi connectivity index (χ3v) is 4.56. The van der Waals surface area contributed by atoms with Crippen LogP contribution in [0.3, 0.4) is 0 Å². The van der Waals surface area contributed by atoms with Crippen molar-refractivity contribution in [2.45, 2.75) is 77.6 Å². The highest BCUT2D eigenvalue weighted by molar-refractivity contribution is 5.92. The molecule has 0 aliphatic carbocycles. The van der Waals surface area contributed by atoms with Gasteiger partial charge < -0.3 is 26.0 Å². The van der Waals surface area contributed by atoms with Gasteiger partial charge in [0.1, 0.15) is 17.7 Å². The van der Waals surface area contributed by atoms with E-state index in [1.807, 2.05) is 20.8 Å². The second-order valence-electron chi connectivity index (χ2n) is 10.0. The normalized spacial score (nSPS) is 13.1. The minimum atomic E-state index is -1.16. The number of hydrogen-bond acceptors (Lipinski definition) is 5. The molecule has 0 heterocycles. The molecule has 1 aromatic carbocycles. The molecule has 0 radical (unpaired) electrons. The van der Waals surface area contributed by atoms with E-state index in [0.29, 0.717) is 11.1 Å². The number of rotatable bonds is 8. The minimum Gasteiger partial charge on any atom is -0.444 e. The summed E-state index contributed by atoms with van der Waals surface area (Å²) in [6.45, 7) is 10.5. The van der Waals surface area contributed by atoms with Crippen molar-refractivity contribution in [2.75, 3.05) is 7.05 Å². The van der Waals surface area contributed by atoms with Crippen LogP contribution in [0.4, 0.5) is 4.79 Å². The molecule has 9 nitrogen and oxygen atoms in total. The first-order valence-corrected chi connectivity index (χ1v) is 11.0. The van der Waals surface area contributed by atoms with Crippen LogP contribution in [-0.4, -0.2) is 52.9 Å². The maximum Gasteiger partial charge on any atom is 0.408 e. The molecule has 0 saturated carbocycles. The van der Waals surface area contributed by atoms with Crippen LogP contribution >= 0.6 is 0 Å². The Kier molecular flexibility index (Phi) is 9.68. The van der Waals surface area contributed by atoms with Gasteiger partial charge in [0.2, 0.25) is 17.7 Å². The highest BCUT2D eigenvalue weighted by atomic mass is 16.6. The second kappa shape index (κ2) is 11.5. The van der Waals surface area contributed by atoms with Crippen LogP contribution in [0.5, 0.6) is 0 Å². The van der Waals surface area contributed by atoms with E-state index in [2.05, 4.69) is 16.6 Å². The van der Waals surface area contributed by atoms with Gasteiger partial charge in [-0.3, -0.25) is 14.4 Å². The lowest BCUT2D eigenvalue weighted by atomic mass is 9.96. The molecule has 2 atom stereocenters. The van der Waals surface area contributed by atoms with Crippen molar-refractivity contribution in [3.05, 3.63) is 35.4 Å². The molecule has 9 heteroatoms. The molecule has 0 saturated heterocycles. The van der Waals surface area contributed by atoms with Crippen LogP contribution < -0.4 is 16.4 Å². The van der Waals surface area contributed by atoms with Crippen LogP contribution in [-0.2, 0) is 19.1 Å². The lowest BCUT2D eigenvalue weighted by molar-refractivity contribution is -0.141. The summed E-state index contributed by atoms with van der Waals surface area (Å²) in [7, 11) is 1.44. The van der Waals surface area contributed by atoms with Crippen LogP contribution in [0, 0.1) is 12.3 Å². The number of carbonyl (C=O) groups excluding carboxylic acids is 4. The standard InChI is InChI=1S/C25H36N4O5/c1-9-16-12-10-11-13-17(16)20(21(31)28-24(2,3)4)29(8)22(32)18(14-15-19(26)30)27-23(33)34-25(5,6)7/h1,10-13,18,20H,14-15H2,2-8H3,(H2,26,30)(H,27,33)(H,28,31). The van der Waals surface area contributed by atoms with Gasteiger partial charge in [-0.1, -0.05) is 24.1 Å². The Hall–Kier alpha value is -3.54. The Balaban J connectivity index is 3.39. The molecule has 0 bridgehead atoms. The lowest BCUT2D eigenvalue weighted by Gasteiger charge is -2.34. The van der Waals surface area contributed by atoms with Crippen LogP contribution in [0.25, 0.3) is 0 Å². The molecular formula is C25H36N4O5. The predicted octanol–water partition coefficient (Wildman–Crippen LogP) is 2.24. The summed E-state index contributed by atoms with van der Waals surface area (Å²) in [5, 5.41) is 5.38. The number of primary amides is 1. The number of hydrogen-bond donors (Lipinski definition) is 3. The Morgan fingerprint density at radius 2 is 1.71 bits per heavy atom. The first kappa shape index (κ1) is 28.5. The van der Waals surface area contributed by atoms with Crippen LogP contribution in [0.1, 0.15) is 71.6 Å². The monoisotopic (exact) mass is 472 g/mol. The number of alkyl carbamates (subject to hydrolysis) is 1. The van der Waals surface area contributed by atoms with Crippen molar-refractivity contribution >= 4 is 23.8 Å². The SMILES string of the molecule is C#Cc1ccccc1C(C(=O)NC(C)(C)C)N(C)C(=O)C(CCC(N)=O)NC(=O)OC(C)(C)C. The topological polar surface area (TPSA) is 131 Å². The highest BCUT2D eigenvalue weighted by Crippen LogP contribution is 2.25. The molecular weight excluding hydrogens is 436 g/mol. The second-order valence-corrected chi connectivity index (χ2v) is 10.0. The summed E-state index contributed by atoms with van der Waals surface area (Å²) >= 11 is 0. The van der Waals surface area contributed by atoms with Gasteiger partial charge in [-0.05, 0) is 59.6 Å². The zero-order valence-electron chi connectivity index (χ0n) is 21.0. The molecule has 0 fully saturated rings. The van der Waals surface area contributed by atoms with Crippen molar-refractivity contribution in [1.29, 1.82) is 0 Å². The fourth-order valence-corrected chi connectivity index (χ4v) is 3.20. The first-order valence-electron chi connectivity index (χ1n) is 11.0. The Morgan fingerprint density at radius 3 is 2.21 bits per heavy atom. The zero-order valence-corrected chi connectivity index (χ0v) is 21.0. The van der Waals surface area contributed by atoms with Gasteiger partial charge >= 0.3 is 6.09 Å². The van der Waals surface area contributed by atoms with Crippen LogP contribution in [0.15, 0.2) is 24.3 Å². The first-order chi connectivity index (χ1) is 15.6. The average Bonchev–Trinajstić information content (AvgIpc) is 2.68. The third-order valence-electron chi connectivity index (χ3n) is 4.56. The molecule has 1 aromatic rings. The summed E-state index contributed by atoms with van der Waals surface area (Å²) in [6.07, 6.45) is 4.60. The van der Waals surface area contributed by atoms with E-state index in [9.17, 15) is 19.2 Å². The summed E-state index contributed by atoms with van der Waals surface area (Å²) in [4.78, 5) is 51.8. The molecule has 4 amide bonds. The van der Waals surface area contributed by atoms with E-state index in [1.165, 1.54) is 11.9 Å². The van der Waals surface area contributed by atoms with E-state index in [-0.39, 0.29) is 12.8 Å². The smallest absolute Gasteiger partial charge is 0.408 e. The van der Waals surface area contributed by atoms with Gasteiger partial charge in [-0.25, -0.2) is 4.79 Å². The number of nitrogens with one attached hydrogen (secondary N) is 2. The van der Waals surface area contributed by atoms with Gasteiger partial charge in [0.05, 0.1) is 0 Å². The van der Waals surface area contributed by atoms with Crippen molar-refractivity contribution in [3.8, 4) is 12.3 Å². The van der Waals surface area contributed by atoms with Gasteiger partial charge in [0.15, 0.2) is 0 Å². The third kappa shape index (κ3) is 9.14. The van der Waals surface area contributed by atoms with E-state index < -0.39 is 47.0 Å². The van der Waals surface area contributed by atoms with Gasteiger partial charge in [0.25, 0.3) is 0 Å². The van der Waals surface area contributed by atoms with Gasteiger partial charge in [-0.15, -0.1) is 6.42 Å². The number of likely N-dealkylation sites (N-methyl/N-ethyl adjacent to an activating group) is 1. The van der Waals surface area contributed by atoms with E-state index in [0.717, 1.165) is 0 Å². The predicted molar refractivity (Wildman–Crippen MR) is 129 cm³/mol. The number of ether oxygens (including phenoxy) is 1. The van der Waals surface area contributed by atoms with Crippen LogP contribution in [0.2, 0.25) is 0 Å². The summed E-state index contributed by atoms with van der Waals surface area (Å²) in [5.41, 5.74) is 4.79. The number of benzene rings is 1.